The van der Waals surface area contributed by atoms with E-state index in [1.165, 1.54) is 6.08 Å². The lowest BCUT2D eigenvalue weighted by Gasteiger charge is -2.30. The summed E-state index contributed by atoms with van der Waals surface area (Å²) in [5.74, 6) is -0.196. The zero-order valence-corrected chi connectivity index (χ0v) is 17.1. The van der Waals surface area contributed by atoms with Gasteiger partial charge in [-0.05, 0) is 48.0 Å². The number of hydrogen-bond donors (Lipinski definition) is 0. The fourth-order valence-corrected chi connectivity index (χ4v) is 4.19. The number of ether oxygens (including phenoxy) is 2. The predicted molar refractivity (Wildman–Crippen MR) is 117 cm³/mol. The highest BCUT2D eigenvalue weighted by atomic mass is 32.2. The molecule has 3 aromatic rings. The molecular weight excluding hydrogens is 398 g/mol. The van der Waals surface area contributed by atoms with E-state index in [1.54, 1.807) is 35.9 Å². The Balaban J connectivity index is 1.47. The van der Waals surface area contributed by atoms with E-state index < -0.39 is 5.97 Å². The average Bonchev–Trinajstić information content (AvgIpc) is 2.79. The van der Waals surface area contributed by atoms with Crippen molar-refractivity contribution in [3.05, 3.63) is 84.4 Å². The quantitative estimate of drug-likeness (QED) is 0.428. The number of para-hydroxylation sites is 2. The first-order chi connectivity index (χ1) is 14.7. The van der Waals surface area contributed by atoms with E-state index in [9.17, 15) is 9.59 Å². The Morgan fingerprint density at radius 2 is 1.60 bits per heavy atom. The Bertz CT molecular complexity index is 1080. The minimum Gasteiger partial charge on any atom is -0.497 e. The Kier molecular flexibility index (Phi) is 5.86. The van der Waals surface area contributed by atoms with Gasteiger partial charge in [0, 0.05) is 15.9 Å². The standard InChI is InChI=1S/C24H19NO4S/c1-28-18-8-6-7-17(15-18)13-14-24(27)29-16-23(26)25-19-9-2-4-11-21(19)30-22-12-5-3-10-20(22)25/h2-15H,16H2,1H3/b14-13+. The molecule has 1 aliphatic heterocycles. The summed E-state index contributed by atoms with van der Waals surface area (Å²) < 4.78 is 10.4. The van der Waals surface area contributed by atoms with Gasteiger partial charge in [0.1, 0.15) is 5.75 Å². The third kappa shape index (κ3) is 4.23. The van der Waals surface area contributed by atoms with Crippen LogP contribution in [0.4, 0.5) is 11.4 Å². The Hall–Kier alpha value is -3.51. The lowest BCUT2D eigenvalue weighted by molar-refractivity contribution is -0.142. The fraction of sp³-hybridized carbons (Fsp3) is 0.0833. The Labute approximate surface area is 178 Å². The minimum absolute atomic E-state index is 0.307. The van der Waals surface area contributed by atoms with Gasteiger partial charge in [-0.2, -0.15) is 0 Å². The van der Waals surface area contributed by atoms with Crippen molar-refractivity contribution in [2.45, 2.75) is 9.79 Å². The van der Waals surface area contributed by atoms with Crippen LogP contribution in [0.15, 0.2) is 88.7 Å². The van der Waals surface area contributed by atoms with Gasteiger partial charge in [0.05, 0.1) is 18.5 Å². The van der Waals surface area contributed by atoms with Crippen molar-refractivity contribution in [1.29, 1.82) is 0 Å². The molecular formula is C24H19NO4S. The maximum atomic E-state index is 13.0. The summed E-state index contributed by atoms with van der Waals surface area (Å²) in [6, 6.07) is 22.7. The normalized spacial score (nSPS) is 12.2. The van der Waals surface area contributed by atoms with Crippen molar-refractivity contribution in [3.8, 4) is 5.75 Å². The Morgan fingerprint density at radius 3 is 2.27 bits per heavy atom. The molecule has 1 amide bonds. The van der Waals surface area contributed by atoms with Crippen LogP contribution in [0.5, 0.6) is 5.75 Å². The maximum Gasteiger partial charge on any atom is 0.331 e. The van der Waals surface area contributed by atoms with Gasteiger partial charge in [0.2, 0.25) is 0 Å². The number of anilines is 2. The number of carbonyl (C=O) groups excluding carboxylic acids is 2. The maximum absolute atomic E-state index is 13.0. The molecule has 0 aromatic heterocycles. The topological polar surface area (TPSA) is 55.8 Å². The molecule has 0 unspecified atom stereocenters. The number of rotatable bonds is 5. The molecule has 0 saturated heterocycles. The summed E-state index contributed by atoms with van der Waals surface area (Å²) in [7, 11) is 1.58. The highest BCUT2D eigenvalue weighted by Gasteiger charge is 2.28. The predicted octanol–water partition coefficient (Wildman–Crippen LogP) is 5.08. The fourth-order valence-electron chi connectivity index (χ4n) is 3.13. The third-order valence-electron chi connectivity index (χ3n) is 4.53. The monoisotopic (exact) mass is 417 g/mol. The van der Waals surface area contributed by atoms with E-state index in [0.717, 1.165) is 26.7 Å². The molecule has 0 fully saturated rings. The van der Waals surface area contributed by atoms with E-state index in [4.69, 9.17) is 9.47 Å². The van der Waals surface area contributed by atoms with Crippen molar-refractivity contribution < 1.29 is 19.1 Å². The van der Waals surface area contributed by atoms with E-state index in [2.05, 4.69) is 0 Å². The molecule has 5 nitrogen and oxygen atoms in total. The Morgan fingerprint density at radius 1 is 0.933 bits per heavy atom. The van der Waals surface area contributed by atoms with E-state index in [0.29, 0.717) is 5.75 Å². The number of esters is 1. The summed E-state index contributed by atoms with van der Waals surface area (Å²) in [6.45, 7) is -0.353. The second-order valence-electron chi connectivity index (χ2n) is 6.48. The van der Waals surface area contributed by atoms with Crippen LogP contribution >= 0.6 is 11.8 Å². The highest BCUT2D eigenvalue weighted by molar-refractivity contribution is 7.99. The van der Waals surface area contributed by atoms with Gasteiger partial charge in [0.25, 0.3) is 5.91 Å². The molecule has 1 aliphatic rings. The zero-order valence-electron chi connectivity index (χ0n) is 16.3. The van der Waals surface area contributed by atoms with Gasteiger partial charge in [0.15, 0.2) is 6.61 Å². The molecule has 0 atom stereocenters. The van der Waals surface area contributed by atoms with Crippen LogP contribution in [-0.2, 0) is 14.3 Å². The van der Waals surface area contributed by atoms with Crippen molar-refractivity contribution in [1.82, 2.24) is 0 Å². The molecule has 0 N–H and O–H groups in total. The van der Waals surface area contributed by atoms with Crippen LogP contribution in [0.2, 0.25) is 0 Å². The van der Waals surface area contributed by atoms with Crippen LogP contribution in [0.1, 0.15) is 5.56 Å². The number of benzene rings is 3. The molecule has 1 heterocycles. The number of amides is 1. The largest absolute Gasteiger partial charge is 0.497 e. The number of fused-ring (bicyclic) bond motifs is 2. The average molecular weight is 417 g/mol. The van der Waals surface area contributed by atoms with Crippen LogP contribution in [0.25, 0.3) is 6.08 Å². The minimum atomic E-state index is -0.584. The van der Waals surface area contributed by atoms with Crippen molar-refractivity contribution >= 4 is 41.1 Å². The van der Waals surface area contributed by atoms with Crippen LogP contribution in [0.3, 0.4) is 0 Å². The second-order valence-corrected chi connectivity index (χ2v) is 7.57. The lowest BCUT2D eigenvalue weighted by atomic mass is 10.2. The molecule has 4 rings (SSSR count). The van der Waals surface area contributed by atoms with Gasteiger partial charge in [-0.1, -0.05) is 48.2 Å². The van der Waals surface area contributed by atoms with Gasteiger partial charge in [-0.25, -0.2) is 4.79 Å². The van der Waals surface area contributed by atoms with Crippen molar-refractivity contribution in [2.75, 3.05) is 18.6 Å². The highest BCUT2D eigenvalue weighted by Crippen LogP contribution is 2.47. The molecule has 0 spiro atoms. The molecule has 6 heteroatoms. The van der Waals surface area contributed by atoms with E-state index in [1.807, 2.05) is 66.7 Å². The van der Waals surface area contributed by atoms with Crippen LogP contribution in [0, 0.1) is 0 Å². The molecule has 0 saturated carbocycles. The number of methoxy groups -OCH3 is 1. The first-order valence-corrected chi connectivity index (χ1v) is 10.1. The van der Waals surface area contributed by atoms with Gasteiger partial charge < -0.3 is 9.47 Å². The summed E-state index contributed by atoms with van der Waals surface area (Å²) in [4.78, 5) is 28.7. The summed E-state index contributed by atoms with van der Waals surface area (Å²) in [5.41, 5.74) is 2.37. The third-order valence-corrected chi connectivity index (χ3v) is 5.66. The molecule has 150 valence electrons. The van der Waals surface area contributed by atoms with Crippen molar-refractivity contribution in [3.63, 3.8) is 0 Å². The van der Waals surface area contributed by atoms with Crippen molar-refractivity contribution in [2.24, 2.45) is 0 Å². The molecule has 0 radical (unpaired) electrons. The van der Waals surface area contributed by atoms with E-state index in [-0.39, 0.29) is 12.5 Å². The summed E-state index contributed by atoms with van der Waals surface area (Å²) in [6.07, 6.45) is 2.92. The SMILES string of the molecule is COc1cccc(/C=C/C(=O)OCC(=O)N2c3ccccc3Sc3ccccc32)c1. The smallest absolute Gasteiger partial charge is 0.331 e. The summed E-state index contributed by atoms with van der Waals surface area (Å²) >= 11 is 1.61. The molecule has 0 aliphatic carbocycles. The molecule has 30 heavy (non-hydrogen) atoms. The number of carbonyl (C=O) groups is 2. The molecule has 3 aromatic carbocycles. The van der Waals surface area contributed by atoms with Crippen LogP contribution in [-0.4, -0.2) is 25.6 Å². The second kappa shape index (κ2) is 8.88. The number of hydrogen-bond acceptors (Lipinski definition) is 5. The molecule has 0 bridgehead atoms. The van der Waals surface area contributed by atoms with Gasteiger partial charge in [-0.3, -0.25) is 9.69 Å². The number of nitrogens with zero attached hydrogens (tertiary/aromatic N) is 1. The summed E-state index contributed by atoms with van der Waals surface area (Å²) in [5, 5.41) is 0. The van der Waals surface area contributed by atoms with Gasteiger partial charge >= 0.3 is 5.97 Å². The lowest BCUT2D eigenvalue weighted by Crippen LogP contribution is -2.32. The first kappa shape index (κ1) is 19.8. The van der Waals surface area contributed by atoms with Crippen LogP contribution < -0.4 is 9.64 Å². The first-order valence-electron chi connectivity index (χ1n) is 9.33. The van der Waals surface area contributed by atoms with Gasteiger partial charge in [-0.15, -0.1) is 0 Å². The zero-order chi connectivity index (χ0) is 20.9. The van der Waals surface area contributed by atoms with E-state index >= 15 is 0 Å².